The third-order valence-electron chi connectivity index (χ3n) is 7.85. The van der Waals surface area contributed by atoms with Crippen LogP contribution in [0.3, 0.4) is 0 Å². The Bertz CT molecular complexity index is 2080. The van der Waals surface area contributed by atoms with Gasteiger partial charge in [-0.05, 0) is 55.2 Å². The van der Waals surface area contributed by atoms with Crippen molar-refractivity contribution in [1.29, 1.82) is 0 Å². The van der Waals surface area contributed by atoms with Crippen LogP contribution >= 0.6 is 0 Å². The summed E-state index contributed by atoms with van der Waals surface area (Å²) in [5.74, 6) is 2.01. The van der Waals surface area contributed by atoms with Gasteiger partial charge in [-0.3, -0.25) is 0 Å². The summed E-state index contributed by atoms with van der Waals surface area (Å²) < 4.78 is 0. The Hall–Kier alpha value is -6.84. The van der Waals surface area contributed by atoms with Gasteiger partial charge in [0, 0.05) is 22.3 Å². The third-order valence-corrected chi connectivity index (χ3v) is 7.85. The number of hydrogen-bond acceptors (Lipinski definition) is 12. The van der Waals surface area contributed by atoms with Gasteiger partial charge in [0.05, 0.1) is 26.2 Å². The molecule has 4 aromatic carbocycles. The summed E-state index contributed by atoms with van der Waals surface area (Å²) in [6.07, 6.45) is 0. The highest BCUT2D eigenvalue weighted by atomic mass is 15.6. The zero-order valence-corrected chi connectivity index (χ0v) is 25.2. The zero-order chi connectivity index (χ0) is 31.9. The Balaban J connectivity index is 1.08. The highest BCUT2D eigenvalue weighted by Gasteiger charge is 2.14. The van der Waals surface area contributed by atoms with E-state index in [1.54, 1.807) is 19.2 Å². The fraction of sp³-hybridized carbons (Fsp3) is 0.125. The summed E-state index contributed by atoms with van der Waals surface area (Å²) in [6.45, 7) is 1.77. The second kappa shape index (κ2) is 11.5. The number of rotatable bonds is 0. The predicted molar refractivity (Wildman–Crippen MR) is 169 cm³/mol. The van der Waals surface area contributed by atoms with E-state index >= 15 is 0 Å². The van der Waals surface area contributed by atoms with Crippen LogP contribution in [0.2, 0.25) is 0 Å². The molecule has 0 N–H and O–H groups in total. The summed E-state index contributed by atoms with van der Waals surface area (Å²) in [4.78, 5) is 6.30. The molecule has 16 bridgehead atoms. The van der Waals surface area contributed by atoms with Gasteiger partial charge in [-0.25, -0.2) is 0 Å². The SMILES string of the molecule is c1cc2cc(c1)Cn1nnc(n1)-c1cccc(c1)-c1nnn(n1)Cc1cccc(c1)Cn1nnc(n1)-c1cccc(c1)-c1nnn(n1)C2. The van der Waals surface area contributed by atoms with E-state index in [-0.39, 0.29) is 0 Å². The molecular weight excluding hydrogens is 608 g/mol. The number of aromatic nitrogens is 16. The van der Waals surface area contributed by atoms with Gasteiger partial charge in [0.1, 0.15) is 0 Å². The van der Waals surface area contributed by atoms with Gasteiger partial charge in [0.25, 0.3) is 0 Å². The lowest BCUT2D eigenvalue weighted by molar-refractivity contribution is 0.564. The van der Waals surface area contributed by atoms with Crippen molar-refractivity contribution in [3.63, 3.8) is 0 Å². The highest BCUT2D eigenvalue weighted by Crippen LogP contribution is 2.23. The maximum atomic E-state index is 4.64. The van der Waals surface area contributed by atoms with Gasteiger partial charge in [0.15, 0.2) is 0 Å². The third kappa shape index (κ3) is 5.57. The van der Waals surface area contributed by atoms with Crippen molar-refractivity contribution in [3.05, 3.63) is 119 Å². The molecule has 1 aliphatic heterocycles. The molecule has 0 atom stereocenters. The molecule has 0 amide bonds. The minimum atomic E-state index is 0.444. The lowest BCUT2D eigenvalue weighted by Gasteiger charge is -2.04. The minimum Gasteiger partial charge on any atom is -0.159 e. The van der Waals surface area contributed by atoms with E-state index in [0.717, 1.165) is 44.5 Å². The largest absolute Gasteiger partial charge is 0.204 e. The first kappa shape index (κ1) is 27.5. The van der Waals surface area contributed by atoms with Crippen LogP contribution in [0.25, 0.3) is 45.6 Å². The maximum absolute atomic E-state index is 4.64. The Labute approximate surface area is 271 Å². The molecule has 0 saturated carbocycles. The lowest BCUT2D eigenvalue weighted by atomic mass is 10.1. The number of fused-ring (bicyclic) bond motifs is 20. The highest BCUT2D eigenvalue weighted by molar-refractivity contribution is 5.66. The Morgan fingerprint density at radius 2 is 0.604 bits per heavy atom. The molecule has 0 unspecified atom stereocenters. The number of tetrazole rings is 4. The maximum Gasteiger partial charge on any atom is 0.204 e. The molecule has 48 heavy (non-hydrogen) atoms. The average molecular weight is 633 g/mol. The van der Waals surface area contributed by atoms with E-state index in [1.807, 2.05) is 84.9 Å². The van der Waals surface area contributed by atoms with Crippen molar-refractivity contribution in [2.75, 3.05) is 0 Å². The molecule has 1 aliphatic rings. The molecule has 9 rings (SSSR count). The van der Waals surface area contributed by atoms with Crippen molar-refractivity contribution < 1.29 is 0 Å². The van der Waals surface area contributed by atoms with Gasteiger partial charge >= 0.3 is 0 Å². The van der Waals surface area contributed by atoms with Gasteiger partial charge in [-0.1, -0.05) is 84.9 Å². The summed E-state index contributed by atoms with van der Waals surface area (Å²) >= 11 is 0. The fourth-order valence-corrected chi connectivity index (χ4v) is 5.60. The zero-order valence-electron chi connectivity index (χ0n) is 25.2. The number of nitrogens with zero attached hydrogens (tertiary/aromatic N) is 16. The van der Waals surface area contributed by atoms with Crippen LogP contribution in [0.4, 0.5) is 0 Å². The molecule has 0 radical (unpaired) electrons. The summed E-state index contributed by atoms with van der Waals surface area (Å²) in [6, 6.07) is 31.7. The molecule has 0 spiro atoms. The Kier molecular flexibility index (Phi) is 6.58. The second-order valence-corrected chi connectivity index (χ2v) is 11.4. The minimum absolute atomic E-state index is 0.444. The first-order valence-electron chi connectivity index (χ1n) is 15.2. The second-order valence-electron chi connectivity index (χ2n) is 11.4. The number of benzene rings is 4. The van der Waals surface area contributed by atoms with Crippen LogP contribution < -0.4 is 0 Å². The van der Waals surface area contributed by atoms with E-state index in [0.29, 0.717) is 49.5 Å². The normalized spacial score (nSPS) is 12.7. The van der Waals surface area contributed by atoms with Gasteiger partial charge < -0.3 is 0 Å². The average Bonchev–Trinajstić information content (AvgIpc) is 3.94. The van der Waals surface area contributed by atoms with Crippen LogP contribution in [0.1, 0.15) is 22.3 Å². The lowest BCUT2D eigenvalue weighted by Crippen LogP contribution is -2.07. The Morgan fingerprint density at radius 3 is 0.896 bits per heavy atom. The summed E-state index contributed by atoms with van der Waals surface area (Å²) in [5, 5.41) is 53.0. The molecular formula is C32H24N16. The van der Waals surface area contributed by atoms with Crippen LogP contribution in [-0.4, -0.2) is 80.8 Å². The molecule has 232 valence electrons. The van der Waals surface area contributed by atoms with Gasteiger partial charge in [0.2, 0.25) is 23.3 Å². The van der Waals surface area contributed by atoms with E-state index in [2.05, 4.69) is 73.8 Å². The van der Waals surface area contributed by atoms with E-state index in [9.17, 15) is 0 Å². The van der Waals surface area contributed by atoms with Crippen molar-refractivity contribution in [3.8, 4) is 45.6 Å². The monoisotopic (exact) mass is 632 g/mol. The molecule has 0 saturated heterocycles. The van der Waals surface area contributed by atoms with E-state index in [4.69, 9.17) is 0 Å². The number of hydrogen-bond donors (Lipinski definition) is 0. The first-order valence-corrected chi connectivity index (χ1v) is 15.2. The van der Waals surface area contributed by atoms with E-state index < -0.39 is 0 Å². The van der Waals surface area contributed by atoms with Crippen molar-refractivity contribution >= 4 is 0 Å². The molecule has 8 aromatic rings. The van der Waals surface area contributed by atoms with Crippen molar-refractivity contribution in [2.24, 2.45) is 0 Å². The van der Waals surface area contributed by atoms with Crippen LogP contribution in [-0.2, 0) is 26.2 Å². The van der Waals surface area contributed by atoms with Gasteiger partial charge in [-0.15, -0.1) is 40.8 Å². The van der Waals surface area contributed by atoms with Crippen LogP contribution in [0.15, 0.2) is 97.1 Å². The standard InChI is InChI=1S/C32H24N16/c1-5-21-13-22(6-1)18-46-38-30(34-42-46)26-10-4-12-28(16-26)32-36-44-48(40-32)20-24-8-2-7-23(14-24)19-47-39-31(35-43-47)27-11-3-9-25(15-27)29-33-41-45(17-21)37-29/h1-16H,17-20H2. The van der Waals surface area contributed by atoms with Gasteiger partial charge in [-0.2, -0.15) is 19.2 Å². The molecule has 5 heterocycles. The fourth-order valence-electron chi connectivity index (χ4n) is 5.60. The van der Waals surface area contributed by atoms with Crippen LogP contribution in [0.5, 0.6) is 0 Å². The van der Waals surface area contributed by atoms with Crippen LogP contribution in [0, 0.1) is 0 Å². The summed E-state index contributed by atoms with van der Waals surface area (Å²) in [5.41, 5.74) is 7.25. The first-order chi connectivity index (χ1) is 23.7. The molecule has 0 fully saturated rings. The van der Waals surface area contributed by atoms with Crippen molar-refractivity contribution in [2.45, 2.75) is 26.2 Å². The van der Waals surface area contributed by atoms with Crippen molar-refractivity contribution in [1.82, 2.24) is 80.8 Å². The quantitative estimate of drug-likeness (QED) is 0.239. The van der Waals surface area contributed by atoms with E-state index in [1.165, 1.54) is 0 Å². The summed E-state index contributed by atoms with van der Waals surface area (Å²) in [7, 11) is 0. The molecule has 16 heteroatoms. The topological polar surface area (TPSA) is 174 Å². The Morgan fingerprint density at radius 1 is 0.333 bits per heavy atom. The smallest absolute Gasteiger partial charge is 0.159 e. The molecule has 0 aliphatic carbocycles. The predicted octanol–water partition coefficient (Wildman–Crippen LogP) is 2.81. The molecule has 16 nitrogen and oxygen atoms in total. The molecule has 4 aromatic heterocycles.